The average molecular weight is 249 g/mol. The molecule has 0 amide bonds. The minimum Gasteiger partial charge on any atom is -0.237 e. The van der Waals surface area contributed by atoms with E-state index < -0.39 is 0 Å². The van der Waals surface area contributed by atoms with Gasteiger partial charge in [-0.25, -0.2) is 9.67 Å². The van der Waals surface area contributed by atoms with E-state index in [1.54, 1.807) is 6.20 Å². The van der Waals surface area contributed by atoms with E-state index >= 15 is 0 Å². The van der Waals surface area contributed by atoms with Crippen molar-refractivity contribution in [1.29, 1.82) is 0 Å². The van der Waals surface area contributed by atoms with E-state index in [4.69, 9.17) is 0 Å². The quantitative estimate of drug-likeness (QED) is 0.695. The van der Waals surface area contributed by atoms with Gasteiger partial charge in [0.1, 0.15) is 0 Å². The van der Waals surface area contributed by atoms with Crippen molar-refractivity contribution in [2.75, 3.05) is 0 Å². The largest absolute Gasteiger partial charge is 0.237 e. The van der Waals surface area contributed by atoms with Crippen molar-refractivity contribution in [1.82, 2.24) is 14.8 Å². The summed E-state index contributed by atoms with van der Waals surface area (Å²) in [6, 6.07) is 12.4. The van der Waals surface area contributed by atoms with E-state index in [1.165, 1.54) is 16.7 Å². The van der Waals surface area contributed by atoms with Gasteiger partial charge in [0.15, 0.2) is 5.82 Å². The lowest BCUT2D eigenvalue weighted by Crippen LogP contribution is -1.97. The third-order valence-corrected chi connectivity index (χ3v) is 3.07. The van der Waals surface area contributed by atoms with E-state index in [9.17, 15) is 0 Å². The summed E-state index contributed by atoms with van der Waals surface area (Å²) in [6.07, 6.45) is 5.69. The van der Waals surface area contributed by atoms with Crippen LogP contribution in [0.3, 0.4) is 0 Å². The van der Waals surface area contributed by atoms with Gasteiger partial charge in [-0.05, 0) is 37.1 Å². The van der Waals surface area contributed by atoms with Crippen molar-refractivity contribution in [3.8, 4) is 16.9 Å². The maximum Gasteiger partial charge on any atom is 0.153 e. The van der Waals surface area contributed by atoms with E-state index in [0.29, 0.717) is 0 Å². The normalized spacial score (nSPS) is 10.6. The van der Waals surface area contributed by atoms with E-state index in [-0.39, 0.29) is 0 Å². The molecule has 0 fully saturated rings. The molecular weight excluding hydrogens is 234 g/mol. The van der Waals surface area contributed by atoms with Gasteiger partial charge in [-0.3, -0.25) is 0 Å². The second kappa shape index (κ2) is 4.69. The fraction of sp³-hybridized carbons (Fsp3) is 0.125. The van der Waals surface area contributed by atoms with Crippen molar-refractivity contribution in [2.45, 2.75) is 13.8 Å². The zero-order valence-corrected chi connectivity index (χ0v) is 11.0. The third-order valence-electron chi connectivity index (χ3n) is 3.07. The van der Waals surface area contributed by atoms with Crippen LogP contribution in [0, 0.1) is 13.8 Å². The minimum atomic E-state index is 0.846. The summed E-state index contributed by atoms with van der Waals surface area (Å²) < 4.78 is 1.81. The molecular formula is C16H15N3. The van der Waals surface area contributed by atoms with E-state index in [2.05, 4.69) is 48.2 Å². The molecule has 2 heterocycles. The van der Waals surface area contributed by atoms with E-state index in [1.807, 2.05) is 29.2 Å². The second-order valence-electron chi connectivity index (χ2n) is 4.73. The Morgan fingerprint density at radius 2 is 1.79 bits per heavy atom. The summed E-state index contributed by atoms with van der Waals surface area (Å²) in [5, 5.41) is 4.39. The van der Waals surface area contributed by atoms with Gasteiger partial charge in [-0.1, -0.05) is 29.8 Å². The Bertz CT molecular complexity index is 653. The van der Waals surface area contributed by atoms with Crippen molar-refractivity contribution in [3.63, 3.8) is 0 Å². The molecule has 0 aliphatic carbocycles. The molecule has 0 atom stereocenters. The summed E-state index contributed by atoms with van der Waals surface area (Å²) in [7, 11) is 0. The monoisotopic (exact) mass is 249 g/mol. The van der Waals surface area contributed by atoms with Crippen LogP contribution in [-0.4, -0.2) is 14.8 Å². The Labute approximate surface area is 112 Å². The Hall–Kier alpha value is -2.42. The Morgan fingerprint density at radius 3 is 2.58 bits per heavy atom. The minimum absolute atomic E-state index is 0.846. The highest BCUT2D eigenvalue weighted by Crippen LogP contribution is 2.20. The molecule has 0 saturated carbocycles. The number of pyridine rings is 1. The van der Waals surface area contributed by atoms with E-state index in [0.717, 1.165) is 11.4 Å². The maximum atomic E-state index is 4.39. The molecule has 0 radical (unpaired) electrons. The molecule has 0 aliphatic heterocycles. The number of rotatable bonds is 2. The first-order chi connectivity index (χ1) is 9.22. The lowest BCUT2D eigenvalue weighted by atomic mass is 10.1. The molecule has 19 heavy (non-hydrogen) atoms. The third kappa shape index (κ3) is 2.40. The number of hydrogen-bond donors (Lipinski definition) is 0. The van der Waals surface area contributed by atoms with Crippen LogP contribution in [0.5, 0.6) is 0 Å². The van der Waals surface area contributed by atoms with Crippen molar-refractivity contribution in [3.05, 3.63) is 66.1 Å². The number of benzene rings is 1. The molecule has 3 rings (SSSR count). The lowest BCUT2D eigenvalue weighted by Gasteiger charge is -2.01. The van der Waals surface area contributed by atoms with Gasteiger partial charge in [-0.2, -0.15) is 5.10 Å². The summed E-state index contributed by atoms with van der Waals surface area (Å²) in [5.41, 5.74) is 4.71. The molecule has 2 aromatic heterocycles. The van der Waals surface area contributed by atoms with Crippen LogP contribution in [0.4, 0.5) is 0 Å². The number of nitrogens with zero attached hydrogens (tertiary/aromatic N) is 3. The van der Waals surface area contributed by atoms with Crippen LogP contribution in [0.2, 0.25) is 0 Å². The van der Waals surface area contributed by atoms with Crippen LogP contribution >= 0.6 is 0 Å². The van der Waals surface area contributed by atoms with Gasteiger partial charge in [0.05, 0.1) is 6.20 Å². The van der Waals surface area contributed by atoms with Crippen LogP contribution in [0.15, 0.2) is 55.0 Å². The van der Waals surface area contributed by atoms with Crippen LogP contribution in [-0.2, 0) is 0 Å². The molecule has 94 valence electrons. The molecule has 0 unspecified atom stereocenters. The van der Waals surface area contributed by atoms with Crippen molar-refractivity contribution >= 4 is 0 Å². The van der Waals surface area contributed by atoms with Gasteiger partial charge in [0, 0.05) is 18.0 Å². The molecule has 3 heteroatoms. The first-order valence-corrected chi connectivity index (χ1v) is 6.27. The van der Waals surface area contributed by atoms with Gasteiger partial charge in [0.25, 0.3) is 0 Å². The highest BCUT2D eigenvalue weighted by Gasteiger charge is 2.04. The number of hydrogen-bond acceptors (Lipinski definition) is 2. The van der Waals surface area contributed by atoms with Crippen LogP contribution < -0.4 is 0 Å². The zero-order chi connectivity index (χ0) is 13.2. The second-order valence-corrected chi connectivity index (χ2v) is 4.73. The maximum absolute atomic E-state index is 4.39. The predicted molar refractivity (Wildman–Crippen MR) is 76.3 cm³/mol. The first kappa shape index (κ1) is 11.7. The van der Waals surface area contributed by atoms with Crippen molar-refractivity contribution < 1.29 is 0 Å². The SMILES string of the molecule is Cc1cccc(-c2cnn(-c3cc(C)ccn3)c2)c1. The molecule has 1 aromatic carbocycles. The van der Waals surface area contributed by atoms with Crippen LogP contribution in [0.25, 0.3) is 16.9 Å². The highest BCUT2D eigenvalue weighted by molar-refractivity contribution is 5.62. The number of aryl methyl sites for hydroxylation is 2. The summed E-state index contributed by atoms with van der Waals surface area (Å²) in [4.78, 5) is 4.33. The molecule has 0 N–H and O–H groups in total. The summed E-state index contributed by atoms with van der Waals surface area (Å²) in [6.45, 7) is 4.15. The highest BCUT2D eigenvalue weighted by atomic mass is 15.3. The lowest BCUT2D eigenvalue weighted by molar-refractivity contribution is 0.845. The first-order valence-electron chi connectivity index (χ1n) is 6.27. The van der Waals surface area contributed by atoms with Gasteiger partial charge < -0.3 is 0 Å². The Balaban J connectivity index is 2.00. The number of aromatic nitrogens is 3. The molecule has 0 bridgehead atoms. The van der Waals surface area contributed by atoms with Gasteiger partial charge >= 0.3 is 0 Å². The summed E-state index contributed by atoms with van der Waals surface area (Å²) >= 11 is 0. The zero-order valence-electron chi connectivity index (χ0n) is 11.0. The Morgan fingerprint density at radius 1 is 0.947 bits per heavy atom. The molecule has 0 saturated heterocycles. The standard InChI is InChI=1S/C16H15N3/c1-12-4-3-5-14(8-12)15-10-18-19(11-15)16-9-13(2)6-7-17-16/h3-11H,1-2H3. The van der Waals surface area contributed by atoms with Gasteiger partial charge in [0.2, 0.25) is 0 Å². The fourth-order valence-corrected chi connectivity index (χ4v) is 2.07. The Kier molecular flexibility index (Phi) is 2.88. The predicted octanol–water partition coefficient (Wildman–Crippen LogP) is 3.55. The summed E-state index contributed by atoms with van der Waals surface area (Å²) in [5.74, 6) is 0.846. The van der Waals surface area contributed by atoms with Crippen LogP contribution in [0.1, 0.15) is 11.1 Å². The topological polar surface area (TPSA) is 30.7 Å². The molecule has 3 aromatic rings. The fourth-order valence-electron chi connectivity index (χ4n) is 2.07. The molecule has 3 nitrogen and oxygen atoms in total. The smallest absolute Gasteiger partial charge is 0.153 e. The van der Waals surface area contributed by atoms with Crippen molar-refractivity contribution in [2.24, 2.45) is 0 Å². The van der Waals surface area contributed by atoms with Gasteiger partial charge in [-0.15, -0.1) is 0 Å². The average Bonchev–Trinajstić information content (AvgIpc) is 2.88. The molecule has 0 aliphatic rings. The molecule has 0 spiro atoms.